The van der Waals surface area contributed by atoms with Crippen LogP contribution in [0.2, 0.25) is 0 Å². The highest BCUT2D eigenvalue weighted by molar-refractivity contribution is 5.54. The fourth-order valence-corrected chi connectivity index (χ4v) is 2.07. The van der Waals surface area contributed by atoms with Crippen molar-refractivity contribution in [2.45, 2.75) is 19.9 Å². The van der Waals surface area contributed by atoms with E-state index < -0.39 is 11.6 Å². The third-order valence-electron chi connectivity index (χ3n) is 3.19. The van der Waals surface area contributed by atoms with Crippen LogP contribution in [0.4, 0.5) is 14.5 Å². The van der Waals surface area contributed by atoms with E-state index in [4.69, 9.17) is 4.74 Å². The van der Waals surface area contributed by atoms with Crippen molar-refractivity contribution in [2.24, 2.45) is 0 Å². The number of halogens is 2. The van der Waals surface area contributed by atoms with Crippen molar-refractivity contribution in [3.8, 4) is 5.75 Å². The molecule has 0 heterocycles. The lowest BCUT2D eigenvalue weighted by Gasteiger charge is -2.18. The van der Waals surface area contributed by atoms with E-state index in [2.05, 4.69) is 5.32 Å². The minimum atomic E-state index is -0.569. The van der Waals surface area contributed by atoms with Crippen LogP contribution < -0.4 is 10.1 Å². The fourth-order valence-electron chi connectivity index (χ4n) is 2.07. The second kappa shape index (κ2) is 5.90. The third kappa shape index (κ3) is 3.26. The summed E-state index contributed by atoms with van der Waals surface area (Å²) in [5, 5.41) is 3.24. The molecular weight excluding hydrogens is 260 g/mol. The van der Waals surface area contributed by atoms with Crippen LogP contribution in [-0.4, -0.2) is 7.11 Å². The summed E-state index contributed by atoms with van der Waals surface area (Å²) >= 11 is 0. The molecule has 4 heteroatoms. The first-order chi connectivity index (χ1) is 9.49. The van der Waals surface area contributed by atoms with Gasteiger partial charge in [0.15, 0.2) is 0 Å². The number of nitrogens with one attached hydrogen (secondary N) is 1. The number of benzene rings is 2. The molecule has 0 amide bonds. The highest BCUT2D eigenvalue weighted by Crippen LogP contribution is 2.26. The Balaban J connectivity index is 2.20. The summed E-state index contributed by atoms with van der Waals surface area (Å²) in [7, 11) is 1.61. The maximum atomic E-state index is 13.2. The molecule has 1 unspecified atom stereocenters. The second-order valence-corrected chi connectivity index (χ2v) is 4.75. The van der Waals surface area contributed by atoms with E-state index in [0.29, 0.717) is 5.56 Å². The molecule has 0 aliphatic rings. The predicted octanol–water partition coefficient (Wildman–Crippen LogP) is 4.45. The highest BCUT2D eigenvalue weighted by atomic mass is 19.1. The molecule has 0 radical (unpaired) electrons. The Labute approximate surface area is 117 Å². The topological polar surface area (TPSA) is 21.3 Å². The van der Waals surface area contributed by atoms with Crippen molar-refractivity contribution in [2.75, 3.05) is 12.4 Å². The van der Waals surface area contributed by atoms with Crippen LogP contribution in [-0.2, 0) is 0 Å². The minimum Gasteiger partial charge on any atom is -0.497 e. The molecule has 0 saturated carbocycles. The lowest BCUT2D eigenvalue weighted by Crippen LogP contribution is -2.08. The van der Waals surface area contributed by atoms with Gasteiger partial charge in [0.1, 0.15) is 17.4 Å². The SMILES string of the molecule is COc1ccc(NC(C)c2cc(F)cc(F)c2)c(C)c1. The van der Waals surface area contributed by atoms with Crippen molar-refractivity contribution in [3.05, 3.63) is 59.2 Å². The molecule has 0 spiro atoms. The number of anilines is 1. The van der Waals surface area contributed by atoms with Gasteiger partial charge in [-0.2, -0.15) is 0 Å². The molecule has 2 aromatic carbocycles. The quantitative estimate of drug-likeness (QED) is 0.891. The van der Waals surface area contributed by atoms with Gasteiger partial charge < -0.3 is 10.1 Å². The normalized spacial score (nSPS) is 12.1. The molecule has 2 aromatic rings. The maximum absolute atomic E-state index is 13.2. The number of methoxy groups -OCH3 is 1. The van der Waals surface area contributed by atoms with Crippen molar-refractivity contribution in [1.82, 2.24) is 0 Å². The molecular formula is C16H17F2NO. The number of hydrogen-bond acceptors (Lipinski definition) is 2. The van der Waals surface area contributed by atoms with Gasteiger partial charge in [-0.1, -0.05) is 0 Å². The van der Waals surface area contributed by atoms with Gasteiger partial charge >= 0.3 is 0 Å². The van der Waals surface area contributed by atoms with E-state index in [-0.39, 0.29) is 6.04 Å². The summed E-state index contributed by atoms with van der Waals surface area (Å²) in [6.07, 6.45) is 0. The lowest BCUT2D eigenvalue weighted by atomic mass is 10.1. The van der Waals surface area contributed by atoms with E-state index >= 15 is 0 Å². The van der Waals surface area contributed by atoms with E-state index in [1.807, 2.05) is 32.0 Å². The Kier molecular flexibility index (Phi) is 4.23. The van der Waals surface area contributed by atoms with E-state index in [0.717, 1.165) is 23.1 Å². The standard InChI is InChI=1S/C16H17F2NO/c1-10-6-15(20-3)4-5-16(10)19-11(2)12-7-13(17)9-14(18)8-12/h4-9,11,19H,1-3H3. The lowest BCUT2D eigenvalue weighted by molar-refractivity contribution is 0.414. The van der Waals surface area contributed by atoms with Gasteiger partial charge in [-0.25, -0.2) is 8.78 Å². The van der Waals surface area contributed by atoms with E-state index in [9.17, 15) is 8.78 Å². The fraction of sp³-hybridized carbons (Fsp3) is 0.250. The first-order valence-corrected chi connectivity index (χ1v) is 6.37. The Morgan fingerprint density at radius 1 is 1.05 bits per heavy atom. The monoisotopic (exact) mass is 277 g/mol. The smallest absolute Gasteiger partial charge is 0.126 e. The first-order valence-electron chi connectivity index (χ1n) is 6.37. The minimum absolute atomic E-state index is 0.202. The highest BCUT2D eigenvalue weighted by Gasteiger charge is 2.10. The molecule has 20 heavy (non-hydrogen) atoms. The number of ether oxygens (including phenoxy) is 1. The van der Waals surface area contributed by atoms with Crippen molar-refractivity contribution in [3.63, 3.8) is 0 Å². The molecule has 0 aliphatic heterocycles. The average molecular weight is 277 g/mol. The van der Waals surface area contributed by atoms with E-state index in [1.165, 1.54) is 12.1 Å². The van der Waals surface area contributed by atoms with Crippen molar-refractivity contribution >= 4 is 5.69 Å². The van der Waals surface area contributed by atoms with Crippen LogP contribution in [0.1, 0.15) is 24.1 Å². The summed E-state index contributed by atoms with van der Waals surface area (Å²) < 4.78 is 31.6. The molecule has 0 fully saturated rings. The molecule has 0 bridgehead atoms. The van der Waals surface area contributed by atoms with Gasteiger partial charge in [-0.05, 0) is 55.3 Å². The van der Waals surface area contributed by atoms with Crippen LogP contribution in [0.5, 0.6) is 5.75 Å². The predicted molar refractivity (Wildman–Crippen MR) is 76.1 cm³/mol. The molecule has 0 aliphatic carbocycles. The summed E-state index contributed by atoms with van der Waals surface area (Å²) in [5.74, 6) is -0.363. The molecule has 106 valence electrons. The Morgan fingerprint density at radius 3 is 2.25 bits per heavy atom. The van der Waals surface area contributed by atoms with Gasteiger partial charge in [0.2, 0.25) is 0 Å². The third-order valence-corrected chi connectivity index (χ3v) is 3.19. The number of aryl methyl sites for hydroxylation is 1. The zero-order valence-electron chi connectivity index (χ0n) is 11.7. The Bertz CT molecular complexity index is 593. The molecule has 2 rings (SSSR count). The van der Waals surface area contributed by atoms with Crippen LogP contribution in [0, 0.1) is 18.6 Å². The van der Waals surface area contributed by atoms with Crippen molar-refractivity contribution < 1.29 is 13.5 Å². The van der Waals surface area contributed by atoms with Gasteiger partial charge in [-0.3, -0.25) is 0 Å². The summed E-state index contributed by atoms with van der Waals surface area (Å²) in [5.41, 5.74) is 2.48. The first kappa shape index (κ1) is 14.3. The summed E-state index contributed by atoms with van der Waals surface area (Å²) in [6.45, 7) is 3.81. The molecule has 1 N–H and O–H groups in total. The molecule has 0 aromatic heterocycles. The van der Waals surface area contributed by atoms with Crippen molar-refractivity contribution in [1.29, 1.82) is 0 Å². The van der Waals surface area contributed by atoms with Gasteiger partial charge in [-0.15, -0.1) is 0 Å². The molecule has 2 nitrogen and oxygen atoms in total. The van der Waals surface area contributed by atoms with Crippen LogP contribution >= 0.6 is 0 Å². The van der Waals surface area contributed by atoms with Crippen LogP contribution in [0.15, 0.2) is 36.4 Å². The summed E-state index contributed by atoms with van der Waals surface area (Å²) in [6, 6.07) is 8.97. The number of hydrogen-bond donors (Lipinski definition) is 1. The second-order valence-electron chi connectivity index (χ2n) is 4.75. The zero-order valence-corrected chi connectivity index (χ0v) is 11.7. The molecule has 1 atom stereocenters. The zero-order chi connectivity index (χ0) is 14.7. The number of rotatable bonds is 4. The average Bonchev–Trinajstić information content (AvgIpc) is 2.39. The van der Waals surface area contributed by atoms with Gasteiger partial charge in [0.25, 0.3) is 0 Å². The largest absolute Gasteiger partial charge is 0.497 e. The van der Waals surface area contributed by atoms with Gasteiger partial charge in [0.05, 0.1) is 7.11 Å². The van der Waals surface area contributed by atoms with Crippen LogP contribution in [0.3, 0.4) is 0 Å². The van der Waals surface area contributed by atoms with Crippen LogP contribution in [0.25, 0.3) is 0 Å². The Morgan fingerprint density at radius 2 is 1.70 bits per heavy atom. The summed E-state index contributed by atoms with van der Waals surface area (Å²) in [4.78, 5) is 0. The Hall–Kier alpha value is -2.10. The maximum Gasteiger partial charge on any atom is 0.126 e. The van der Waals surface area contributed by atoms with Gasteiger partial charge in [0, 0.05) is 17.8 Å². The van der Waals surface area contributed by atoms with E-state index in [1.54, 1.807) is 7.11 Å². The molecule has 0 saturated heterocycles.